The molecule has 0 aromatic carbocycles. The first-order valence-electron chi connectivity index (χ1n) is 33.2. The molecule has 0 aromatic rings. The van der Waals surface area contributed by atoms with Crippen LogP contribution in [0.2, 0.25) is 0 Å². The highest BCUT2D eigenvalue weighted by Crippen LogP contribution is 2.23. The SMILES string of the molecule is CCCCCCCCCCCCCCCCCCC/C=C/CC/C=C/CC/C=C/C(O)C(COC1OC(CO)C(O)C(O)C1O)NC(=O)CCCCCCCCCCCCCCCCCCCCCCCCCCCC. The molecule has 1 fully saturated rings. The van der Waals surface area contributed by atoms with Crippen molar-refractivity contribution in [2.24, 2.45) is 0 Å². The first-order valence-corrected chi connectivity index (χ1v) is 33.2. The minimum absolute atomic E-state index is 0.184. The van der Waals surface area contributed by atoms with Gasteiger partial charge in [-0.1, -0.05) is 314 Å². The zero-order valence-corrected chi connectivity index (χ0v) is 50.0. The second kappa shape index (κ2) is 56.7. The summed E-state index contributed by atoms with van der Waals surface area (Å²) in [7, 11) is 0. The zero-order chi connectivity index (χ0) is 55.0. The van der Waals surface area contributed by atoms with Crippen LogP contribution in [0.5, 0.6) is 0 Å². The number of carbonyl (C=O) groups is 1. The zero-order valence-electron chi connectivity index (χ0n) is 50.0. The van der Waals surface area contributed by atoms with Gasteiger partial charge in [-0.25, -0.2) is 0 Å². The van der Waals surface area contributed by atoms with Crippen molar-refractivity contribution in [2.75, 3.05) is 13.2 Å². The van der Waals surface area contributed by atoms with Crippen molar-refractivity contribution < 1.29 is 39.8 Å². The lowest BCUT2D eigenvalue weighted by atomic mass is 9.99. The van der Waals surface area contributed by atoms with Crippen molar-refractivity contribution in [1.82, 2.24) is 5.32 Å². The molecule has 1 rings (SSSR count). The first kappa shape index (κ1) is 72.4. The van der Waals surface area contributed by atoms with E-state index in [4.69, 9.17) is 9.47 Å². The number of allylic oxidation sites excluding steroid dienone is 5. The van der Waals surface area contributed by atoms with Crippen LogP contribution in [0.25, 0.3) is 0 Å². The van der Waals surface area contributed by atoms with Crippen LogP contribution in [0.1, 0.15) is 328 Å². The van der Waals surface area contributed by atoms with Gasteiger partial charge in [0.2, 0.25) is 5.91 Å². The number of unbranched alkanes of at least 4 members (excludes halogenated alkanes) is 44. The van der Waals surface area contributed by atoms with Gasteiger partial charge in [-0.15, -0.1) is 0 Å². The van der Waals surface area contributed by atoms with E-state index in [1.165, 1.54) is 263 Å². The smallest absolute Gasteiger partial charge is 0.220 e. The lowest BCUT2D eigenvalue weighted by molar-refractivity contribution is -0.302. The molecule has 9 nitrogen and oxygen atoms in total. The summed E-state index contributed by atoms with van der Waals surface area (Å²) in [5.74, 6) is -0.184. The summed E-state index contributed by atoms with van der Waals surface area (Å²) in [4.78, 5) is 13.1. The number of hydrogen-bond donors (Lipinski definition) is 6. The van der Waals surface area contributed by atoms with Gasteiger partial charge in [0.15, 0.2) is 6.29 Å². The summed E-state index contributed by atoms with van der Waals surface area (Å²) in [6.07, 6.45) is 68.2. The average molecular weight is 1070 g/mol. The Bertz CT molecular complexity index is 1290. The number of aliphatic hydroxyl groups is 5. The first-order chi connectivity index (χ1) is 37.3. The molecule has 1 aliphatic rings. The predicted octanol–water partition coefficient (Wildman–Crippen LogP) is 17.5. The maximum absolute atomic E-state index is 13.1. The predicted molar refractivity (Wildman–Crippen MR) is 323 cm³/mol. The molecule has 0 radical (unpaired) electrons. The van der Waals surface area contributed by atoms with Gasteiger partial charge >= 0.3 is 0 Å². The lowest BCUT2D eigenvalue weighted by Gasteiger charge is -2.40. The lowest BCUT2D eigenvalue weighted by Crippen LogP contribution is -2.60. The molecule has 0 saturated carbocycles. The highest BCUT2D eigenvalue weighted by Gasteiger charge is 2.44. The number of carbonyl (C=O) groups excluding carboxylic acids is 1. The summed E-state index contributed by atoms with van der Waals surface area (Å²) in [6.45, 7) is 3.81. The summed E-state index contributed by atoms with van der Waals surface area (Å²) in [5, 5.41) is 54.7. The number of hydrogen-bond acceptors (Lipinski definition) is 8. The summed E-state index contributed by atoms with van der Waals surface area (Å²) in [6, 6.07) is -0.827. The van der Waals surface area contributed by atoms with E-state index in [0.717, 1.165) is 44.9 Å². The molecule has 0 bridgehead atoms. The van der Waals surface area contributed by atoms with Crippen LogP contribution in [-0.4, -0.2) is 87.5 Å². The van der Waals surface area contributed by atoms with Crippen molar-refractivity contribution in [2.45, 2.75) is 371 Å². The molecule has 76 heavy (non-hydrogen) atoms. The van der Waals surface area contributed by atoms with Gasteiger partial charge < -0.3 is 40.3 Å². The van der Waals surface area contributed by atoms with Crippen LogP contribution >= 0.6 is 0 Å². The third-order valence-electron chi connectivity index (χ3n) is 15.9. The monoisotopic (exact) mass is 1070 g/mol. The van der Waals surface area contributed by atoms with Gasteiger partial charge in [-0.05, 0) is 44.9 Å². The topological polar surface area (TPSA) is 149 Å². The van der Waals surface area contributed by atoms with E-state index in [0.29, 0.717) is 6.42 Å². The van der Waals surface area contributed by atoms with E-state index in [1.54, 1.807) is 6.08 Å². The van der Waals surface area contributed by atoms with Crippen molar-refractivity contribution in [3.63, 3.8) is 0 Å². The minimum atomic E-state index is -1.57. The van der Waals surface area contributed by atoms with Crippen molar-refractivity contribution >= 4 is 5.91 Å². The highest BCUT2D eigenvalue weighted by atomic mass is 16.7. The van der Waals surface area contributed by atoms with E-state index in [1.807, 2.05) is 6.08 Å². The Kier molecular flexibility index (Phi) is 54.0. The molecule has 6 N–H and O–H groups in total. The molecule has 9 heteroatoms. The van der Waals surface area contributed by atoms with Gasteiger partial charge in [0, 0.05) is 6.42 Å². The van der Waals surface area contributed by atoms with Gasteiger partial charge in [-0.2, -0.15) is 0 Å². The Morgan fingerprint density at radius 2 is 0.750 bits per heavy atom. The largest absolute Gasteiger partial charge is 0.394 e. The molecule has 1 amide bonds. The quantitative estimate of drug-likeness (QED) is 0.0261. The minimum Gasteiger partial charge on any atom is -0.394 e. The van der Waals surface area contributed by atoms with Crippen LogP contribution in [0.15, 0.2) is 36.5 Å². The molecule has 448 valence electrons. The Morgan fingerprint density at radius 3 is 1.11 bits per heavy atom. The molecule has 0 aromatic heterocycles. The molecule has 7 unspecified atom stereocenters. The fourth-order valence-corrected chi connectivity index (χ4v) is 10.7. The van der Waals surface area contributed by atoms with Crippen LogP contribution in [0.4, 0.5) is 0 Å². The van der Waals surface area contributed by atoms with Gasteiger partial charge in [0.1, 0.15) is 24.4 Å². The van der Waals surface area contributed by atoms with Crippen LogP contribution in [0.3, 0.4) is 0 Å². The van der Waals surface area contributed by atoms with Gasteiger partial charge in [0.25, 0.3) is 0 Å². The standard InChI is InChI=1S/C67H127NO8/c1-3-5-7-9-11-13-15-17-19-21-23-25-27-29-31-32-34-36-38-40-42-44-46-48-50-52-54-56-61(70)60(59-75-67-66(74)65(73)64(72)62(58-69)76-67)68-63(71)57-55-53-51-49-47-45-43-41-39-37-35-33-30-28-26-24-22-20-18-16-14-12-10-8-6-4-2/h38,40,46,48,54,56,60-62,64-67,69-70,72-74H,3-37,39,41-45,47,49-53,55,57-59H2,1-2H3,(H,68,71)/b40-38+,48-46+,56-54+. The van der Waals surface area contributed by atoms with Crippen molar-refractivity contribution in [3.8, 4) is 0 Å². The number of amides is 1. The Balaban J connectivity index is 2.19. The number of rotatable bonds is 58. The summed E-state index contributed by atoms with van der Waals surface area (Å²) >= 11 is 0. The number of aliphatic hydroxyl groups excluding tert-OH is 5. The second-order valence-corrected chi connectivity index (χ2v) is 23.3. The Hall–Kier alpha value is -1.59. The van der Waals surface area contributed by atoms with E-state index in [9.17, 15) is 30.3 Å². The third kappa shape index (κ3) is 45.2. The normalized spacial score (nSPS) is 19.0. The Labute approximate surface area is 470 Å². The molecule has 7 atom stereocenters. The highest BCUT2D eigenvalue weighted by molar-refractivity contribution is 5.76. The van der Waals surface area contributed by atoms with Crippen LogP contribution in [-0.2, 0) is 14.3 Å². The molecule has 0 spiro atoms. The fraction of sp³-hybridized carbons (Fsp3) is 0.896. The molecule has 1 saturated heterocycles. The molecular formula is C67H127NO8. The molecule has 0 aliphatic carbocycles. The number of nitrogens with one attached hydrogen (secondary N) is 1. The van der Waals surface area contributed by atoms with E-state index in [2.05, 4.69) is 43.5 Å². The molecule has 1 aliphatic heterocycles. The van der Waals surface area contributed by atoms with E-state index in [-0.39, 0.29) is 12.5 Å². The van der Waals surface area contributed by atoms with Crippen LogP contribution in [0, 0.1) is 0 Å². The maximum atomic E-state index is 13.1. The second-order valence-electron chi connectivity index (χ2n) is 23.3. The Morgan fingerprint density at radius 1 is 0.434 bits per heavy atom. The van der Waals surface area contributed by atoms with Gasteiger partial charge in [-0.3, -0.25) is 4.79 Å². The van der Waals surface area contributed by atoms with Gasteiger partial charge in [0.05, 0.1) is 25.4 Å². The van der Waals surface area contributed by atoms with Crippen molar-refractivity contribution in [1.29, 1.82) is 0 Å². The fourth-order valence-electron chi connectivity index (χ4n) is 10.7. The van der Waals surface area contributed by atoms with Crippen molar-refractivity contribution in [3.05, 3.63) is 36.5 Å². The molecule has 1 heterocycles. The summed E-state index contributed by atoms with van der Waals surface area (Å²) < 4.78 is 11.3. The van der Waals surface area contributed by atoms with E-state index < -0.39 is 49.5 Å². The summed E-state index contributed by atoms with van der Waals surface area (Å²) in [5.41, 5.74) is 0. The number of ether oxygens (including phenoxy) is 2. The maximum Gasteiger partial charge on any atom is 0.220 e. The molecular weight excluding hydrogens is 947 g/mol. The average Bonchev–Trinajstić information content (AvgIpc) is 3.42. The van der Waals surface area contributed by atoms with Crippen LogP contribution < -0.4 is 5.32 Å². The van der Waals surface area contributed by atoms with E-state index >= 15 is 0 Å². The third-order valence-corrected chi connectivity index (χ3v) is 15.9.